The summed E-state index contributed by atoms with van der Waals surface area (Å²) < 4.78 is 17.2. The minimum absolute atomic E-state index is 0.0461. The summed E-state index contributed by atoms with van der Waals surface area (Å²) in [5.74, 6) is 0.221. The summed E-state index contributed by atoms with van der Waals surface area (Å²) in [7, 11) is 0. The molecule has 0 bridgehead atoms. The molecule has 15 nitrogen and oxygen atoms in total. The SMILES string of the molecule is Cc1ncsc1-c1ccc([C@H](COCCN2CCC(c3ccc4c(c3)n(C3CCCC3)c3nc(=O)c5c(Br)cccc5n43)CC2)NC(=O)[C@@H]2C[C@@H](O)CN2C(=O)[C@@H](NC(=O)OC(C)(C)C)C(C)(C)C)cc1. The number of nitrogens with one attached hydrogen (secondary N) is 2. The highest BCUT2D eigenvalue weighted by Gasteiger charge is 2.45. The summed E-state index contributed by atoms with van der Waals surface area (Å²) in [5, 5.41) is 17.4. The summed E-state index contributed by atoms with van der Waals surface area (Å²) in [6.07, 6.45) is 4.87. The normalized spacial score (nSPS) is 19.5. The molecule has 1 aliphatic carbocycles. The first kappa shape index (κ1) is 50.7. The zero-order valence-electron chi connectivity index (χ0n) is 41.9. The first-order valence-corrected chi connectivity index (χ1v) is 26.8. The fourth-order valence-electron chi connectivity index (χ4n) is 10.8. The van der Waals surface area contributed by atoms with Crippen LogP contribution in [0.2, 0.25) is 0 Å². The number of thiazole rings is 1. The summed E-state index contributed by atoms with van der Waals surface area (Å²) in [5.41, 5.74) is 7.29. The van der Waals surface area contributed by atoms with Crippen LogP contribution in [0, 0.1) is 12.3 Å². The minimum atomic E-state index is -1.02. The van der Waals surface area contributed by atoms with Gasteiger partial charge in [0.1, 0.15) is 17.7 Å². The van der Waals surface area contributed by atoms with Crippen molar-refractivity contribution in [2.75, 3.05) is 39.4 Å². The van der Waals surface area contributed by atoms with Crippen LogP contribution in [0.15, 0.2) is 75.4 Å². The second-order valence-electron chi connectivity index (χ2n) is 21.7. The number of aliphatic hydroxyl groups excluding tert-OH is 1. The second-order valence-corrected chi connectivity index (χ2v) is 23.4. The lowest BCUT2D eigenvalue weighted by Crippen LogP contribution is -2.58. The van der Waals surface area contributed by atoms with Gasteiger partial charge in [0.15, 0.2) is 0 Å². The zero-order chi connectivity index (χ0) is 50.4. The van der Waals surface area contributed by atoms with Gasteiger partial charge in [-0.2, -0.15) is 4.98 Å². The summed E-state index contributed by atoms with van der Waals surface area (Å²) in [4.78, 5) is 69.0. The van der Waals surface area contributed by atoms with Crippen molar-refractivity contribution in [3.8, 4) is 10.4 Å². The van der Waals surface area contributed by atoms with Crippen LogP contribution >= 0.6 is 27.3 Å². The van der Waals surface area contributed by atoms with Crippen molar-refractivity contribution in [3.05, 3.63) is 97.8 Å². The maximum absolute atomic E-state index is 14.4. The van der Waals surface area contributed by atoms with Gasteiger partial charge in [0.05, 0.1) is 63.4 Å². The molecule has 2 aliphatic heterocycles. The molecule has 6 aromatic rings. The Hall–Kier alpha value is -5.20. The predicted octanol–water partition coefficient (Wildman–Crippen LogP) is 9.07. The molecule has 3 aromatic carbocycles. The van der Waals surface area contributed by atoms with Gasteiger partial charge < -0.3 is 39.6 Å². The number of benzene rings is 3. The number of imidazole rings is 1. The largest absolute Gasteiger partial charge is 0.444 e. The first-order valence-electron chi connectivity index (χ1n) is 25.1. The number of aromatic nitrogens is 4. The van der Waals surface area contributed by atoms with E-state index in [4.69, 9.17) is 14.5 Å². The van der Waals surface area contributed by atoms with Crippen LogP contribution in [0.5, 0.6) is 0 Å². The molecular formula is C54H67BrN8O7S. The fraction of sp³-hybridized carbons (Fsp3) is 0.519. The standard InChI is InChI=1S/C54H67BrN8O7S/c1-32-46(71-31-56-32)35-17-15-34(16-18-35)40(57-48(65)44-28-38(64)29-61(44)50(67)47(53(2,3)4)58-52(68)70-54(5,6)7)30-69-26-25-60-23-21-33(22-24-60)36-19-20-41-43(27-36)62(37-11-8-9-12-37)51-59-49(66)45-39(55)13-10-14-42(45)63(41)51/h10,13-20,27,31,33,37-38,40,44,47,64H,8-9,11-12,21-26,28-30H2,1-7H3,(H,57,65)(H,58,68)/t38-,40+,44+,47-/m1/s1. The number of aryl methyl sites for hydroxylation is 1. The van der Waals surface area contributed by atoms with Gasteiger partial charge in [-0.15, -0.1) is 11.3 Å². The molecule has 378 valence electrons. The molecule has 2 saturated heterocycles. The number of carbonyl (C=O) groups excluding carboxylic acids is 3. The van der Waals surface area contributed by atoms with Crippen molar-refractivity contribution >= 4 is 72.9 Å². The number of β-amino-alcohol motifs (C(OH)–C–C–N with tert-alkyl or cyclic N) is 1. The summed E-state index contributed by atoms with van der Waals surface area (Å²) in [6, 6.07) is 18.5. The molecule has 0 unspecified atom stereocenters. The Kier molecular flexibility index (Phi) is 14.8. The maximum Gasteiger partial charge on any atom is 0.408 e. The van der Waals surface area contributed by atoms with Crippen LogP contribution in [0.3, 0.4) is 0 Å². The van der Waals surface area contributed by atoms with Gasteiger partial charge in [-0.1, -0.05) is 70.0 Å². The number of hydrogen-bond acceptors (Lipinski definition) is 11. The molecule has 3 fully saturated rings. The van der Waals surface area contributed by atoms with E-state index in [1.807, 2.05) is 75.7 Å². The number of ether oxygens (including phenoxy) is 2. The third kappa shape index (κ3) is 10.9. The Morgan fingerprint density at radius 1 is 0.930 bits per heavy atom. The average molecular weight is 1050 g/mol. The van der Waals surface area contributed by atoms with E-state index in [-0.39, 0.29) is 25.1 Å². The Bertz CT molecular complexity index is 2980. The molecule has 5 heterocycles. The van der Waals surface area contributed by atoms with E-state index in [1.165, 1.54) is 23.3 Å². The highest BCUT2D eigenvalue weighted by Crippen LogP contribution is 2.39. The number of hydrogen-bond donors (Lipinski definition) is 3. The lowest BCUT2D eigenvalue weighted by atomic mass is 9.85. The zero-order valence-corrected chi connectivity index (χ0v) is 44.3. The topological polar surface area (TPSA) is 173 Å². The predicted molar refractivity (Wildman–Crippen MR) is 281 cm³/mol. The summed E-state index contributed by atoms with van der Waals surface area (Å²) in [6.45, 7) is 15.9. The van der Waals surface area contributed by atoms with Crippen molar-refractivity contribution in [2.24, 2.45) is 5.41 Å². The third-order valence-electron chi connectivity index (χ3n) is 14.4. The van der Waals surface area contributed by atoms with Crippen LogP contribution in [-0.4, -0.2) is 115 Å². The number of halogens is 1. The lowest BCUT2D eigenvalue weighted by molar-refractivity contribution is -0.142. The molecule has 9 rings (SSSR count). The Balaban J connectivity index is 0.871. The third-order valence-corrected chi connectivity index (χ3v) is 16.1. The van der Waals surface area contributed by atoms with Crippen LogP contribution in [0.4, 0.5) is 4.79 Å². The van der Waals surface area contributed by atoms with Crippen LogP contribution in [-0.2, 0) is 19.1 Å². The highest BCUT2D eigenvalue weighted by molar-refractivity contribution is 9.10. The smallest absolute Gasteiger partial charge is 0.408 e. The Morgan fingerprint density at radius 3 is 2.34 bits per heavy atom. The van der Waals surface area contributed by atoms with E-state index >= 15 is 0 Å². The Labute approximate surface area is 427 Å². The van der Waals surface area contributed by atoms with E-state index < -0.39 is 53.2 Å². The molecule has 3 amide bonds. The number of carbonyl (C=O) groups is 3. The van der Waals surface area contributed by atoms with Gasteiger partial charge in [-0.3, -0.25) is 18.8 Å². The van der Waals surface area contributed by atoms with E-state index in [2.05, 4.69) is 63.6 Å². The van der Waals surface area contributed by atoms with Gasteiger partial charge in [0.25, 0.3) is 5.56 Å². The van der Waals surface area contributed by atoms with Crippen LogP contribution in [0.25, 0.3) is 38.2 Å². The molecule has 4 atom stereocenters. The molecule has 0 radical (unpaired) electrons. The molecular weight excluding hydrogens is 985 g/mol. The van der Waals surface area contributed by atoms with Gasteiger partial charge >= 0.3 is 6.09 Å². The Morgan fingerprint density at radius 2 is 1.66 bits per heavy atom. The maximum atomic E-state index is 14.4. The molecule has 3 aliphatic rings. The van der Waals surface area contributed by atoms with Crippen molar-refractivity contribution in [1.29, 1.82) is 0 Å². The van der Waals surface area contributed by atoms with Crippen molar-refractivity contribution in [1.82, 2.24) is 39.4 Å². The van der Waals surface area contributed by atoms with Crippen LogP contribution in [0.1, 0.15) is 121 Å². The van der Waals surface area contributed by atoms with E-state index in [0.29, 0.717) is 29.7 Å². The van der Waals surface area contributed by atoms with E-state index in [9.17, 15) is 24.3 Å². The number of piperidine rings is 1. The number of fused-ring (bicyclic) bond motifs is 5. The molecule has 0 spiro atoms. The van der Waals surface area contributed by atoms with Crippen molar-refractivity contribution < 1.29 is 29.0 Å². The molecule has 17 heteroatoms. The van der Waals surface area contributed by atoms with Crippen LogP contribution < -0.4 is 16.2 Å². The quantitative estimate of drug-likeness (QED) is 0.0948. The second kappa shape index (κ2) is 20.7. The van der Waals surface area contributed by atoms with Gasteiger partial charge in [0, 0.05) is 30.0 Å². The minimum Gasteiger partial charge on any atom is -0.444 e. The number of likely N-dealkylation sites (tertiary alicyclic amines) is 2. The summed E-state index contributed by atoms with van der Waals surface area (Å²) >= 11 is 5.18. The number of aliphatic hydroxyl groups is 1. The fourth-order valence-corrected chi connectivity index (χ4v) is 12.1. The van der Waals surface area contributed by atoms with E-state index in [1.54, 1.807) is 32.1 Å². The van der Waals surface area contributed by atoms with Crippen molar-refractivity contribution in [2.45, 2.75) is 135 Å². The molecule has 3 N–H and O–H groups in total. The number of rotatable bonds is 13. The monoisotopic (exact) mass is 1050 g/mol. The van der Waals surface area contributed by atoms with E-state index in [0.717, 1.165) is 88.0 Å². The average Bonchev–Trinajstić information content (AvgIpc) is 4.15. The van der Waals surface area contributed by atoms with Crippen molar-refractivity contribution in [3.63, 3.8) is 0 Å². The lowest BCUT2D eigenvalue weighted by Gasteiger charge is -2.36. The number of amides is 3. The molecule has 3 aromatic heterocycles. The number of nitrogens with zero attached hydrogens (tertiary/aromatic N) is 6. The van der Waals surface area contributed by atoms with Gasteiger partial charge in [-0.25, -0.2) is 9.78 Å². The van der Waals surface area contributed by atoms with Gasteiger partial charge in [0.2, 0.25) is 17.6 Å². The first-order chi connectivity index (χ1) is 33.8. The molecule has 71 heavy (non-hydrogen) atoms. The highest BCUT2D eigenvalue weighted by atomic mass is 79.9. The number of alkyl carbamates (subject to hydrolysis) is 1. The van der Waals surface area contributed by atoms with Gasteiger partial charge in [-0.05, 0) is 135 Å². The molecule has 1 saturated carbocycles.